The van der Waals surface area contributed by atoms with Crippen LogP contribution >= 0.6 is 0 Å². The van der Waals surface area contributed by atoms with Crippen molar-refractivity contribution in [1.29, 1.82) is 0 Å². The molecule has 0 aromatic carbocycles. The van der Waals surface area contributed by atoms with Gasteiger partial charge in [-0.15, -0.1) is 6.58 Å². The molecule has 0 spiro atoms. The van der Waals surface area contributed by atoms with E-state index in [1.165, 1.54) is 6.42 Å². The summed E-state index contributed by atoms with van der Waals surface area (Å²) in [6.07, 6.45) is 3.32. The van der Waals surface area contributed by atoms with E-state index in [-0.39, 0.29) is 0 Å². The summed E-state index contributed by atoms with van der Waals surface area (Å²) < 4.78 is 0. The Kier molecular flexibility index (Phi) is 4.81. The number of piperazine rings is 1. The zero-order chi connectivity index (χ0) is 11.4. The van der Waals surface area contributed by atoms with Crippen LogP contribution in [-0.4, -0.2) is 36.1 Å². The minimum atomic E-state index is 0.497. The van der Waals surface area contributed by atoms with Gasteiger partial charge in [0.1, 0.15) is 0 Å². The summed E-state index contributed by atoms with van der Waals surface area (Å²) >= 11 is 0. The topological polar surface area (TPSA) is 15.3 Å². The average Bonchev–Trinajstić information content (AvgIpc) is 2.19. The van der Waals surface area contributed by atoms with Crippen molar-refractivity contribution < 1.29 is 0 Å². The van der Waals surface area contributed by atoms with Gasteiger partial charge in [-0.2, -0.15) is 0 Å². The molecule has 1 N–H and O–H groups in total. The Bertz CT molecular complexity index is 201. The molecule has 88 valence electrons. The number of nitrogens with zero attached hydrogens (tertiary/aromatic N) is 1. The van der Waals surface area contributed by atoms with Gasteiger partial charge in [0.05, 0.1) is 0 Å². The second-order valence-corrected chi connectivity index (χ2v) is 5.26. The third kappa shape index (κ3) is 3.62. The van der Waals surface area contributed by atoms with Crippen molar-refractivity contribution in [3.05, 3.63) is 12.7 Å². The van der Waals surface area contributed by atoms with E-state index < -0.39 is 0 Å². The highest BCUT2D eigenvalue weighted by Crippen LogP contribution is 2.15. The van der Waals surface area contributed by atoms with Crippen molar-refractivity contribution in [2.75, 3.05) is 13.1 Å². The largest absolute Gasteiger partial charge is 0.311 e. The first kappa shape index (κ1) is 12.7. The zero-order valence-corrected chi connectivity index (χ0v) is 10.7. The van der Waals surface area contributed by atoms with Crippen molar-refractivity contribution in [2.24, 2.45) is 5.92 Å². The summed E-state index contributed by atoms with van der Waals surface area (Å²) in [7, 11) is 0. The van der Waals surface area contributed by atoms with E-state index in [1.54, 1.807) is 0 Å². The van der Waals surface area contributed by atoms with Gasteiger partial charge in [0.25, 0.3) is 0 Å². The molecular weight excluding hydrogens is 184 g/mol. The number of nitrogens with one attached hydrogen (secondary N) is 1. The van der Waals surface area contributed by atoms with Crippen molar-refractivity contribution >= 4 is 0 Å². The van der Waals surface area contributed by atoms with Crippen molar-refractivity contribution in [2.45, 2.75) is 52.2 Å². The van der Waals surface area contributed by atoms with E-state index in [4.69, 9.17) is 0 Å². The Hall–Kier alpha value is -0.340. The fraction of sp³-hybridized carbons (Fsp3) is 0.846. The average molecular weight is 210 g/mol. The van der Waals surface area contributed by atoms with Crippen LogP contribution in [0, 0.1) is 5.92 Å². The molecule has 1 aliphatic heterocycles. The zero-order valence-electron chi connectivity index (χ0n) is 10.7. The molecule has 1 fully saturated rings. The predicted molar refractivity (Wildman–Crippen MR) is 67.1 cm³/mol. The van der Waals surface area contributed by atoms with Gasteiger partial charge >= 0.3 is 0 Å². The third-order valence-electron chi connectivity index (χ3n) is 3.32. The van der Waals surface area contributed by atoms with Crippen LogP contribution in [0.4, 0.5) is 0 Å². The highest BCUT2D eigenvalue weighted by molar-refractivity contribution is 4.93. The molecule has 15 heavy (non-hydrogen) atoms. The van der Waals surface area contributed by atoms with Gasteiger partial charge in [-0.3, -0.25) is 4.90 Å². The SMILES string of the molecule is C=CC(C)N1CC(CC(C)C)NCC1C. The molecule has 0 bridgehead atoms. The van der Waals surface area contributed by atoms with Gasteiger partial charge in [-0.25, -0.2) is 0 Å². The van der Waals surface area contributed by atoms with E-state index in [0.29, 0.717) is 18.1 Å². The molecule has 2 heteroatoms. The molecule has 1 heterocycles. The highest BCUT2D eigenvalue weighted by atomic mass is 15.2. The van der Waals surface area contributed by atoms with Gasteiger partial charge in [-0.05, 0) is 26.2 Å². The lowest BCUT2D eigenvalue weighted by atomic mass is 9.99. The van der Waals surface area contributed by atoms with E-state index in [9.17, 15) is 0 Å². The smallest absolute Gasteiger partial charge is 0.0251 e. The van der Waals surface area contributed by atoms with Crippen molar-refractivity contribution in [1.82, 2.24) is 10.2 Å². The van der Waals surface area contributed by atoms with Gasteiger partial charge in [0.15, 0.2) is 0 Å². The van der Waals surface area contributed by atoms with Gasteiger partial charge in [-0.1, -0.05) is 19.9 Å². The van der Waals surface area contributed by atoms with Crippen molar-refractivity contribution in [3.8, 4) is 0 Å². The lowest BCUT2D eigenvalue weighted by Crippen LogP contribution is -2.57. The number of hydrogen-bond donors (Lipinski definition) is 1. The maximum Gasteiger partial charge on any atom is 0.0251 e. The van der Waals surface area contributed by atoms with Gasteiger partial charge < -0.3 is 5.32 Å². The Morgan fingerprint density at radius 2 is 2.13 bits per heavy atom. The molecule has 2 nitrogen and oxygen atoms in total. The van der Waals surface area contributed by atoms with Crippen LogP contribution in [0.1, 0.15) is 34.1 Å². The highest BCUT2D eigenvalue weighted by Gasteiger charge is 2.27. The van der Waals surface area contributed by atoms with Gasteiger partial charge in [0, 0.05) is 31.2 Å². The maximum atomic E-state index is 3.89. The van der Waals surface area contributed by atoms with Crippen LogP contribution in [0.3, 0.4) is 0 Å². The summed E-state index contributed by atoms with van der Waals surface area (Å²) in [6.45, 7) is 15.3. The van der Waals surface area contributed by atoms with E-state index in [0.717, 1.165) is 19.0 Å². The lowest BCUT2D eigenvalue weighted by molar-refractivity contribution is 0.111. The standard InChI is InChI=1S/C13H26N2/c1-6-11(4)15-9-13(7-10(2)3)14-8-12(15)5/h6,10-14H,1,7-9H2,2-5H3. The molecule has 0 aliphatic carbocycles. The van der Waals surface area contributed by atoms with Crippen LogP contribution in [0.5, 0.6) is 0 Å². The summed E-state index contributed by atoms with van der Waals surface area (Å²) in [6, 6.07) is 1.78. The van der Waals surface area contributed by atoms with E-state index >= 15 is 0 Å². The minimum Gasteiger partial charge on any atom is -0.311 e. The van der Waals surface area contributed by atoms with Crippen molar-refractivity contribution in [3.63, 3.8) is 0 Å². The molecule has 1 rings (SSSR count). The maximum absolute atomic E-state index is 3.89. The summed E-state index contributed by atoms with van der Waals surface area (Å²) in [4.78, 5) is 2.55. The van der Waals surface area contributed by atoms with Crippen LogP contribution < -0.4 is 5.32 Å². The van der Waals surface area contributed by atoms with Crippen LogP contribution in [0.15, 0.2) is 12.7 Å². The second-order valence-electron chi connectivity index (χ2n) is 5.26. The van der Waals surface area contributed by atoms with E-state index in [1.807, 2.05) is 6.08 Å². The number of rotatable bonds is 4. The quantitative estimate of drug-likeness (QED) is 0.716. The first-order valence-corrected chi connectivity index (χ1v) is 6.16. The van der Waals surface area contributed by atoms with Crippen LogP contribution in [0.25, 0.3) is 0 Å². The van der Waals surface area contributed by atoms with Gasteiger partial charge in [0.2, 0.25) is 0 Å². The Labute approximate surface area is 94.7 Å². The minimum absolute atomic E-state index is 0.497. The molecule has 3 unspecified atom stereocenters. The monoisotopic (exact) mass is 210 g/mol. The molecule has 0 radical (unpaired) electrons. The first-order chi connectivity index (χ1) is 7.04. The van der Waals surface area contributed by atoms with Crippen LogP contribution in [0.2, 0.25) is 0 Å². The first-order valence-electron chi connectivity index (χ1n) is 6.16. The Morgan fingerprint density at radius 1 is 1.47 bits per heavy atom. The molecule has 0 amide bonds. The molecule has 0 aromatic heterocycles. The lowest BCUT2D eigenvalue weighted by Gasteiger charge is -2.42. The molecule has 0 saturated carbocycles. The fourth-order valence-corrected chi connectivity index (χ4v) is 2.38. The summed E-state index contributed by atoms with van der Waals surface area (Å²) in [5, 5.41) is 3.63. The normalized spacial score (nSPS) is 30.5. The Balaban J connectivity index is 2.51. The Morgan fingerprint density at radius 3 is 2.67 bits per heavy atom. The molecule has 1 saturated heterocycles. The molecular formula is C13H26N2. The number of hydrogen-bond acceptors (Lipinski definition) is 2. The summed E-state index contributed by atoms with van der Waals surface area (Å²) in [5.41, 5.74) is 0. The molecule has 1 aliphatic rings. The predicted octanol–water partition coefficient (Wildman–Crippen LogP) is 2.27. The third-order valence-corrected chi connectivity index (χ3v) is 3.32. The van der Waals surface area contributed by atoms with Crippen LogP contribution in [-0.2, 0) is 0 Å². The second kappa shape index (κ2) is 5.66. The molecule has 0 aromatic rings. The summed E-state index contributed by atoms with van der Waals surface area (Å²) in [5.74, 6) is 0.775. The molecule has 3 atom stereocenters. The fourth-order valence-electron chi connectivity index (χ4n) is 2.38. The van der Waals surface area contributed by atoms with E-state index in [2.05, 4.69) is 44.5 Å².